The fraction of sp³-hybridized carbons (Fsp3) is 0.455. The van der Waals surface area contributed by atoms with E-state index in [0.29, 0.717) is 22.3 Å². The Balaban J connectivity index is 2.09. The van der Waals surface area contributed by atoms with Crippen LogP contribution in [0.2, 0.25) is 0 Å². The maximum atomic E-state index is 11.9. The Morgan fingerprint density at radius 1 is 1.63 bits per heavy atom. The van der Waals surface area contributed by atoms with Gasteiger partial charge in [-0.1, -0.05) is 11.8 Å². The molecule has 102 valence electrons. The van der Waals surface area contributed by atoms with Crippen molar-refractivity contribution in [3.05, 3.63) is 20.1 Å². The summed E-state index contributed by atoms with van der Waals surface area (Å²) in [6.45, 7) is 2.00. The molecule has 0 saturated carbocycles. The molecular weight excluding hydrogens is 381 g/mol. The summed E-state index contributed by atoms with van der Waals surface area (Å²) in [5.41, 5.74) is -0.250. The quantitative estimate of drug-likeness (QED) is 0.776. The number of H-pyrrole nitrogens is 1. The number of halogens is 1. The van der Waals surface area contributed by atoms with E-state index in [-0.39, 0.29) is 28.4 Å². The van der Waals surface area contributed by atoms with Crippen LogP contribution in [0.5, 0.6) is 0 Å². The lowest BCUT2D eigenvalue weighted by molar-refractivity contribution is -0.117. The molecule has 8 heteroatoms. The molecule has 0 radical (unpaired) electrons. The zero-order valence-corrected chi connectivity index (χ0v) is 13.2. The van der Waals surface area contributed by atoms with Crippen LogP contribution in [-0.4, -0.2) is 33.3 Å². The molecule has 1 atom stereocenters. The molecule has 1 aromatic rings. The Kier molecular flexibility index (Phi) is 4.61. The minimum atomic E-state index is -0.250. The number of carbonyl (C=O) groups is 2. The third kappa shape index (κ3) is 3.56. The molecule has 1 unspecified atom stereocenters. The van der Waals surface area contributed by atoms with Gasteiger partial charge in [-0.15, -0.1) is 0 Å². The number of carbonyl (C=O) groups excluding carboxylic acids is 2. The minimum absolute atomic E-state index is 0.0479. The third-order valence-electron chi connectivity index (χ3n) is 2.73. The number of nitrogens with zero attached hydrogens (tertiary/aromatic N) is 2. The van der Waals surface area contributed by atoms with Crippen LogP contribution in [0.1, 0.15) is 13.3 Å². The summed E-state index contributed by atoms with van der Waals surface area (Å²) >= 11 is 3.11. The summed E-state index contributed by atoms with van der Waals surface area (Å²) in [6, 6.07) is 0. The maximum Gasteiger partial charge on any atom is 0.265 e. The van der Waals surface area contributed by atoms with E-state index in [4.69, 9.17) is 0 Å². The van der Waals surface area contributed by atoms with Crippen molar-refractivity contribution in [2.45, 2.75) is 13.3 Å². The average Bonchev–Trinajstić information content (AvgIpc) is 2.72. The second-order valence-corrected chi connectivity index (χ2v) is 6.62. The predicted octanol–water partition coefficient (Wildman–Crippen LogP) is 1.01. The van der Waals surface area contributed by atoms with Crippen LogP contribution < -0.4 is 10.5 Å². The number of hydrogen-bond donors (Lipinski definition) is 1. The highest BCUT2D eigenvalue weighted by Crippen LogP contribution is 2.24. The summed E-state index contributed by atoms with van der Waals surface area (Å²) < 4.78 is 0.483. The molecule has 0 spiro atoms. The van der Waals surface area contributed by atoms with Crippen molar-refractivity contribution in [3.63, 3.8) is 0 Å². The van der Waals surface area contributed by atoms with Crippen molar-refractivity contribution in [1.82, 2.24) is 9.97 Å². The van der Waals surface area contributed by atoms with Crippen LogP contribution in [-0.2, 0) is 9.59 Å². The smallest absolute Gasteiger partial charge is 0.265 e. The molecule has 1 fully saturated rings. The van der Waals surface area contributed by atoms with Gasteiger partial charge in [0.1, 0.15) is 0 Å². The first-order valence-electron chi connectivity index (χ1n) is 5.66. The molecule has 0 aromatic carbocycles. The first-order valence-corrected chi connectivity index (χ1v) is 7.72. The Morgan fingerprint density at radius 2 is 2.37 bits per heavy atom. The normalized spacial score (nSPS) is 18.9. The second kappa shape index (κ2) is 6.04. The summed E-state index contributed by atoms with van der Waals surface area (Å²) in [5, 5.41) is 0.0479. The Hall–Kier alpha value is -0.900. The van der Waals surface area contributed by atoms with Crippen LogP contribution in [0.3, 0.4) is 0 Å². The van der Waals surface area contributed by atoms with E-state index < -0.39 is 0 Å². The topological polar surface area (TPSA) is 83.1 Å². The number of aromatic nitrogens is 2. The van der Waals surface area contributed by atoms with Gasteiger partial charge in [-0.2, -0.15) is 0 Å². The van der Waals surface area contributed by atoms with Crippen molar-refractivity contribution < 1.29 is 9.59 Å². The molecule has 0 aliphatic carbocycles. The van der Waals surface area contributed by atoms with E-state index in [1.165, 1.54) is 29.8 Å². The predicted molar refractivity (Wildman–Crippen MR) is 81.2 cm³/mol. The van der Waals surface area contributed by atoms with Crippen LogP contribution >= 0.6 is 34.4 Å². The zero-order valence-electron chi connectivity index (χ0n) is 10.2. The minimum Gasteiger partial charge on any atom is -0.291 e. The lowest BCUT2D eigenvalue weighted by atomic mass is 10.1. The molecule has 6 nitrogen and oxygen atoms in total. The van der Waals surface area contributed by atoms with Crippen molar-refractivity contribution in [2.75, 3.05) is 17.2 Å². The van der Waals surface area contributed by atoms with Crippen molar-refractivity contribution in [3.8, 4) is 0 Å². The number of rotatable bonds is 3. The number of nitrogens with one attached hydrogen (secondary N) is 1. The molecule has 1 aromatic heterocycles. The molecule has 1 aliphatic heterocycles. The molecule has 1 aliphatic rings. The van der Waals surface area contributed by atoms with E-state index in [0.717, 1.165) is 0 Å². The summed E-state index contributed by atoms with van der Waals surface area (Å²) in [5.74, 6) is 0.946. The Bertz CT molecular complexity index is 575. The molecule has 2 heterocycles. The first kappa shape index (κ1) is 14.5. The van der Waals surface area contributed by atoms with Crippen LogP contribution in [0.4, 0.5) is 5.95 Å². The van der Waals surface area contributed by atoms with Gasteiger partial charge < -0.3 is 0 Å². The highest BCUT2D eigenvalue weighted by Gasteiger charge is 2.32. The number of amides is 1. The van der Waals surface area contributed by atoms with Crippen LogP contribution in [0.25, 0.3) is 0 Å². The zero-order chi connectivity index (χ0) is 14.0. The van der Waals surface area contributed by atoms with Gasteiger partial charge >= 0.3 is 0 Å². The van der Waals surface area contributed by atoms with Crippen molar-refractivity contribution in [2.24, 2.45) is 5.92 Å². The van der Waals surface area contributed by atoms with Crippen LogP contribution in [0.15, 0.2) is 11.0 Å². The van der Waals surface area contributed by atoms with E-state index in [1.54, 1.807) is 0 Å². The van der Waals surface area contributed by atoms with Crippen molar-refractivity contribution >= 4 is 51.3 Å². The standard InChI is InChI=1S/C11H12IN3O3S/c1-6(16)19-5-7-2-9(17)15(4-7)11-13-3-8(12)10(18)14-11/h3,7H,2,4-5H2,1H3,(H,13,14,18). The van der Waals surface area contributed by atoms with Gasteiger partial charge in [0.2, 0.25) is 11.9 Å². The molecule has 1 amide bonds. The van der Waals surface area contributed by atoms with E-state index in [2.05, 4.69) is 9.97 Å². The van der Waals surface area contributed by atoms with Gasteiger partial charge in [-0.3, -0.25) is 24.3 Å². The average molecular weight is 393 g/mol. The molecule has 19 heavy (non-hydrogen) atoms. The lowest BCUT2D eigenvalue weighted by Gasteiger charge is -2.14. The first-order chi connectivity index (χ1) is 8.97. The van der Waals surface area contributed by atoms with Gasteiger partial charge in [0.15, 0.2) is 5.12 Å². The number of hydrogen-bond acceptors (Lipinski definition) is 5. The highest BCUT2D eigenvalue weighted by molar-refractivity contribution is 14.1. The maximum absolute atomic E-state index is 11.9. The SMILES string of the molecule is CC(=O)SCC1CC(=O)N(c2ncc(I)c(=O)[nH]2)C1. The molecule has 1 N–H and O–H groups in total. The highest BCUT2D eigenvalue weighted by atomic mass is 127. The summed E-state index contributed by atoms with van der Waals surface area (Å²) in [7, 11) is 0. The third-order valence-corrected chi connectivity index (χ3v) is 4.54. The Labute approximate surface area is 127 Å². The van der Waals surface area contributed by atoms with Crippen LogP contribution in [0, 0.1) is 9.49 Å². The largest absolute Gasteiger partial charge is 0.291 e. The van der Waals surface area contributed by atoms with E-state index in [9.17, 15) is 14.4 Å². The van der Waals surface area contributed by atoms with Gasteiger partial charge in [0.25, 0.3) is 5.56 Å². The summed E-state index contributed by atoms with van der Waals surface area (Å²) in [4.78, 5) is 42.5. The van der Waals surface area contributed by atoms with Gasteiger partial charge in [-0.25, -0.2) is 4.98 Å². The van der Waals surface area contributed by atoms with Gasteiger partial charge in [-0.05, 0) is 28.5 Å². The molecule has 2 rings (SSSR count). The number of aromatic amines is 1. The van der Waals surface area contributed by atoms with Gasteiger partial charge in [0.05, 0.1) is 3.57 Å². The second-order valence-electron chi connectivity index (χ2n) is 4.26. The number of anilines is 1. The summed E-state index contributed by atoms with van der Waals surface area (Å²) in [6.07, 6.45) is 1.83. The fourth-order valence-corrected chi connectivity index (χ4v) is 2.81. The monoisotopic (exact) mass is 393 g/mol. The van der Waals surface area contributed by atoms with E-state index in [1.807, 2.05) is 22.6 Å². The number of thioether (sulfide) groups is 1. The Morgan fingerprint density at radius 3 is 3.00 bits per heavy atom. The molecular formula is C11H12IN3O3S. The lowest BCUT2D eigenvalue weighted by Crippen LogP contribution is -2.29. The van der Waals surface area contributed by atoms with Gasteiger partial charge in [0, 0.05) is 31.8 Å². The fourth-order valence-electron chi connectivity index (χ4n) is 1.84. The molecule has 0 bridgehead atoms. The van der Waals surface area contributed by atoms with Crippen molar-refractivity contribution in [1.29, 1.82) is 0 Å². The van der Waals surface area contributed by atoms with E-state index >= 15 is 0 Å². The molecule has 1 saturated heterocycles.